The maximum absolute atomic E-state index is 12.2. The number of nitrogens with zero attached hydrogens (tertiary/aromatic N) is 1. The standard InChI is InChI=1S/C10H9F3INO4/c1-3-18-9(16)6-5(19-10(11,12)13)4-15-8(17-2)7(6)14/h4H,3H2,1-2H3. The molecule has 9 heteroatoms. The van der Waals surface area contributed by atoms with Crippen molar-refractivity contribution in [3.8, 4) is 11.6 Å². The zero-order valence-electron chi connectivity index (χ0n) is 9.88. The molecule has 0 bridgehead atoms. The first kappa shape index (κ1) is 15.8. The van der Waals surface area contributed by atoms with E-state index in [0.29, 0.717) is 0 Å². The summed E-state index contributed by atoms with van der Waals surface area (Å²) in [5.41, 5.74) is -0.369. The first-order chi connectivity index (χ1) is 8.80. The molecule has 0 N–H and O–H groups in total. The van der Waals surface area contributed by atoms with E-state index in [0.717, 1.165) is 6.20 Å². The second-order valence-electron chi connectivity index (χ2n) is 3.09. The van der Waals surface area contributed by atoms with E-state index in [9.17, 15) is 18.0 Å². The van der Waals surface area contributed by atoms with E-state index in [1.807, 2.05) is 0 Å². The van der Waals surface area contributed by atoms with Crippen molar-refractivity contribution >= 4 is 28.6 Å². The van der Waals surface area contributed by atoms with Crippen LogP contribution in [-0.4, -0.2) is 31.0 Å². The van der Waals surface area contributed by atoms with Gasteiger partial charge in [-0.15, -0.1) is 13.2 Å². The highest BCUT2D eigenvalue weighted by molar-refractivity contribution is 14.1. The number of hydrogen-bond acceptors (Lipinski definition) is 5. The van der Waals surface area contributed by atoms with Crippen molar-refractivity contribution in [2.24, 2.45) is 0 Å². The first-order valence-electron chi connectivity index (χ1n) is 4.95. The number of alkyl halides is 3. The molecule has 0 spiro atoms. The van der Waals surface area contributed by atoms with Gasteiger partial charge in [0.05, 0.1) is 23.5 Å². The molecule has 19 heavy (non-hydrogen) atoms. The SMILES string of the molecule is CCOC(=O)c1c(OC(F)(F)F)cnc(OC)c1I. The van der Waals surface area contributed by atoms with Crippen molar-refractivity contribution < 1.29 is 32.2 Å². The molecule has 1 heterocycles. The molecular formula is C10H9F3INO4. The minimum absolute atomic E-state index is 0.0122. The number of carbonyl (C=O) groups is 1. The predicted molar refractivity (Wildman–Crippen MR) is 66.1 cm³/mol. The van der Waals surface area contributed by atoms with Crippen molar-refractivity contribution in [3.63, 3.8) is 0 Å². The van der Waals surface area contributed by atoms with E-state index < -0.39 is 18.1 Å². The minimum atomic E-state index is -4.93. The van der Waals surface area contributed by atoms with Crippen LogP contribution in [-0.2, 0) is 4.74 Å². The molecule has 0 saturated carbocycles. The van der Waals surface area contributed by atoms with E-state index >= 15 is 0 Å². The van der Waals surface area contributed by atoms with Gasteiger partial charge in [-0.3, -0.25) is 0 Å². The van der Waals surface area contributed by atoms with Crippen LogP contribution in [0.2, 0.25) is 0 Å². The highest BCUT2D eigenvalue weighted by Crippen LogP contribution is 2.33. The molecule has 0 aromatic carbocycles. The van der Waals surface area contributed by atoms with Gasteiger partial charge < -0.3 is 14.2 Å². The van der Waals surface area contributed by atoms with Crippen LogP contribution in [0.15, 0.2) is 6.20 Å². The maximum Gasteiger partial charge on any atom is 0.573 e. The van der Waals surface area contributed by atoms with Crippen LogP contribution in [0.1, 0.15) is 17.3 Å². The van der Waals surface area contributed by atoms with Crippen LogP contribution in [0.5, 0.6) is 11.6 Å². The normalized spacial score (nSPS) is 11.1. The zero-order chi connectivity index (χ0) is 14.6. The Morgan fingerprint density at radius 3 is 2.58 bits per heavy atom. The summed E-state index contributed by atoms with van der Waals surface area (Å²) in [6.07, 6.45) is -4.17. The number of halogens is 4. The Bertz CT molecular complexity index is 479. The van der Waals surface area contributed by atoms with Gasteiger partial charge in [-0.05, 0) is 29.5 Å². The van der Waals surface area contributed by atoms with Crippen molar-refractivity contribution in [2.75, 3.05) is 13.7 Å². The third kappa shape index (κ3) is 4.11. The van der Waals surface area contributed by atoms with Crippen LogP contribution in [0.3, 0.4) is 0 Å². The van der Waals surface area contributed by atoms with E-state index in [1.54, 1.807) is 22.6 Å². The topological polar surface area (TPSA) is 57.7 Å². The Hall–Kier alpha value is -1.26. The molecule has 0 aliphatic heterocycles. The molecule has 0 atom stereocenters. The van der Waals surface area contributed by atoms with Gasteiger partial charge in [0, 0.05) is 0 Å². The van der Waals surface area contributed by atoms with Crippen LogP contribution in [0.25, 0.3) is 0 Å². The summed E-state index contributed by atoms with van der Waals surface area (Å²) in [7, 11) is 1.28. The van der Waals surface area contributed by atoms with Crippen LogP contribution < -0.4 is 9.47 Å². The Morgan fingerprint density at radius 1 is 1.47 bits per heavy atom. The monoisotopic (exact) mass is 391 g/mol. The molecule has 1 aromatic rings. The number of pyridine rings is 1. The van der Waals surface area contributed by atoms with Gasteiger partial charge in [0.1, 0.15) is 5.56 Å². The summed E-state index contributed by atoms with van der Waals surface area (Å²) in [5, 5.41) is 0. The highest BCUT2D eigenvalue weighted by Gasteiger charge is 2.35. The molecule has 0 amide bonds. The number of methoxy groups -OCH3 is 1. The molecule has 0 unspecified atom stereocenters. The second kappa shape index (κ2) is 6.26. The van der Waals surface area contributed by atoms with E-state index in [2.05, 4.69) is 14.5 Å². The summed E-state index contributed by atoms with van der Waals surface area (Å²) in [6, 6.07) is 0. The second-order valence-corrected chi connectivity index (χ2v) is 4.17. The summed E-state index contributed by atoms with van der Waals surface area (Å²) in [6.45, 7) is 1.55. The highest BCUT2D eigenvalue weighted by atomic mass is 127. The molecule has 0 fully saturated rings. The quantitative estimate of drug-likeness (QED) is 0.584. The zero-order valence-corrected chi connectivity index (χ0v) is 12.0. The number of rotatable bonds is 4. The van der Waals surface area contributed by atoms with Crippen LogP contribution >= 0.6 is 22.6 Å². The summed E-state index contributed by atoms with van der Waals surface area (Å²) in [4.78, 5) is 15.3. The van der Waals surface area contributed by atoms with Gasteiger partial charge in [-0.2, -0.15) is 0 Å². The predicted octanol–water partition coefficient (Wildman–Crippen LogP) is 2.77. The van der Waals surface area contributed by atoms with Crippen molar-refractivity contribution in [1.29, 1.82) is 0 Å². The molecule has 1 rings (SSSR count). The summed E-state index contributed by atoms with van der Waals surface area (Å²) >= 11 is 1.64. The molecule has 5 nitrogen and oxygen atoms in total. The fourth-order valence-electron chi connectivity index (χ4n) is 1.19. The van der Waals surface area contributed by atoms with E-state index in [1.165, 1.54) is 14.0 Å². The van der Waals surface area contributed by atoms with Gasteiger partial charge in [-0.25, -0.2) is 9.78 Å². The lowest BCUT2D eigenvalue weighted by atomic mass is 10.2. The fraction of sp³-hybridized carbons (Fsp3) is 0.400. The van der Waals surface area contributed by atoms with Crippen molar-refractivity contribution in [3.05, 3.63) is 15.3 Å². The Labute approximate surface area is 120 Å². The number of esters is 1. The molecule has 106 valence electrons. The smallest absolute Gasteiger partial charge is 0.480 e. The van der Waals surface area contributed by atoms with E-state index in [-0.39, 0.29) is 21.6 Å². The van der Waals surface area contributed by atoms with Crippen LogP contribution in [0.4, 0.5) is 13.2 Å². The van der Waals surface area contributed by atoms with Gasteiger partial charge in [0.25, 0.3) is 0 Å². The first-order valence-corrected chi connectivity index (χ1v) is 6.03. The third-order valence-electron chi connectivity index (χ3n) is 1.85. The number of ether oxygens (including phenoxy) is 3. The molecule has 0 aliphatic carbocycles. The average molecular weight is 391 g/mol. The Morgan fingerprint density at radius 2 is 2.11 bits per heavy atom. The number of hydrogen-bond donors (Lipinski definition) is 0. The number of aromatic nitrogens is 1. The Kier molecular flexibility index (Phi) is 5.20. The maximum atomic E-state index is 12.2. The van der Waals surface area contributed by atoms with Gasteiger partial charge in [0.2, 0.25) is 5.88 Å². The minimum Gasteiger partial charge on any atom is -0.480 e. The van der Waals surface area contributed by atoms with Crippen molar-refractivity contribution in [1.82, 2.24) is 4.98 Å². The Balaban J connectivity index is 3.30. The summed E-state index contributed by atoms with van der Waals surface area (Å²) < 4.78 is 50.1. The third-order valence-corrected chi connectivity index (χ3v) is 2.85. The molecular weight excluding hydrogens is 382 g/mol. The average Bonchev–Trinajstić information content (AvgIpc) is 2.27. The molecule has 0 saturated heterocycles. The molecule has 1 aromatic heterocycles. The lowest BCUT2D eigenvalue weighted by molar-refractivity contribution is -0.274. The van der Waals surface area contributed by atoms with Gasteiger partial charge in [0.15, 0.2) is 5.75 Å². The largest absolute Gasteiger partial charge is 0.573 e. The van der Waals surface area contributed by atoms with Crippen LogP contribution in [0, 0.1) is 3.57 Å². The lowest BCUT2D eigenvalue weighted by Gasteiger charge is -2.14. The summed E-state index contributed by atoms with van der Waals surface area (Å²) in [5.74, 6) is -1.65. The van der Waals surface area contributed by atoms with E-state index in [4.69, 9.17) is 4.74 Å². The number of carbonyl (C=O) groups excluding carboxylic acids is 1. The fourth-order valence-corrected chi connectivity index (χ4v) is 2.04. The lowest BCUT2D eigenvalue weighted by Crippen LogP contribution is -2.20. The van der Waals surface area contributed by atoms with Gasteiger partial charge in [-0.1, -0.05) is 0 Å². The van der Waals surface area contributed by atoms with Crippen molar-refractivity contribution in [2.45, 2.75) is 13.3 Å². The van der Waals surface area contributed by atoms with Gasteiger partial charge >= 0.3 is 12.3 Å². The molecule has 0 aliphatic rings. The molecule has 0 radical (unpaired) electrons.